The first kappa shape index (κ1) is 6.99. The highest BCUT2D eigenvalue weighted by atomic mass is 16.1. The van der Waals surface area contributed by atoms with Crippen molar-refractivity contribution in [2.75, 3.05) is 0 Å². The highest BCUT2D eigenvalue weighted by Crippen LogP contribution is 1.98. The van der Waals surface area contributed by atoms with Gasteiger partial charge in [-0.1, -0.05) is 6.92 Å². The first-order chi connectivity index (χ1) is 4.74. The second-order valence-electron chi connectivity index (χ2n) is 2.16. The lowest BCUT2D eigenvalue weighted by Gasteiger charge is -1.87. The largest absolute Gasteiger partial charge is 0.340 e. The fourth-order valence-corrected chi connectivity index (χ4v) is 0.753. The van der Waals surface area contributed by atoms with Crippen LogP contribution in [0, 0.1) is 6.92 Å². The van der Waals surface area contributed by atoms with Gasteiger partial charge < -0.3 is 4.98 Å². The Labute approximate surface area is 59.5 Å². The molecule has 0 radical (unpaired) electrons. The molecule has 1 aromatic heterocycles. The maximum Gasteiger partial charge on any atom is 0.180 e. The van der Waals surface area contributed by atoms with Crippen LogP contribution in [0.15, 0.2) is 6.20 Å². The van der Waals surface area contributed by atoms with Crippen LogP contribution in [0.1, 0.15) is 29.7 Å². The van der Waals surface area contributed by atoms with Crippen molar-refractivity contribution < 1.29 is 4.79 Å². The molecule has 0 unspecified atom stereocenters. The number of Topliss-reactive ketones (excluding diaryl/α,β-unsaturated/α-hetero) is 1. The van der Waals surface area contributed by atoms with E-state index in [0.29, 0.717) is 12.1 Å². The lowest BCUT2D eigenvalue weighted by molar-refractivity contribution is 0.0984. The van der Waals surface area contributed by atoms with Gasteiger partial charge in [0.1, 0.15) is 11.5 Å². The summed E-state index contributed by atoms with van der Waals surface area (Å²) in [6.45, 7) is 3.66. The van der Waals surface area contributed by atoms with Crippen molar-refractivity contribution in [2.24, 2.45) is 0 Å². The van der Waals surface area contributed by atoms with Gasteiger partial charge in [-0.05, 0) is 6.92 Å². The van der Waals surface area contributed by atoms with Crippen LogP contribution >= 0.6 is 0 Å². The third-order valence-electron chi connectivity index (χ3n) is 1.32. The third kappa shape index (κ3) is 1.23. The average Bonchev–Trinajstić information content (AvgIpc) is 2.34. The third-order valence-corrected chi connectivity index (χ3v) is 1.32. The highest BCUT2D eigenvalue weighted by molar-refractivity contribution is 5.93. The zero-order valence-electron chi connectivity index (χ0n) is 6.14. The van der Waals surface area contributed by atoms with Gasteiger partial charge in [0.2, 0.25) is 0 Å². The van der Waals surface area contributed by atoms with E-state index in [1.54, 1.807) is 6.20 Å². The molecule has 1 rings (SSSR count). The van der Waals surface area contributed by atoms with Crippen LogP contribution < -0.4 is 0 Å². The van der Waals surface area contributed by atoms with Crippen LogP contribution in [-0.4, -0.2) is 15.8 Å². The van der Waals surface area contributed by atoms with Crippen LogP contribution in [0.4, 0.5) is 0 Å². The standard InChI is InChI=1S/C7H10N2O/c1-3-7(10)6-4-8-5(2)9-6/h4H,3H2,1-2H3,(H,8,9). The number of H-pyrrole nitrogens is 1. The number of aryl methyl sites for hydroxylation is 1. The summed E-state index contributed by atoms with van der Waals surface area (Å²) in [4.78, 5) is 17.7. The van der Waals surface area contributed by atoms with E-state index in [1.165, 1.54) is 0 Å². The molecular formula is C7H10N2O. The van der Waals surface area contributed by atoms with Gasteiger partial charge in [-0.2, -0.15) is 0 Å². The monoisotopic (exact) mass is 138 g/mol. The molecule has 0 spiro atoms. The highest BCUT2D eigenvalue weighted by Gasteiger charge is 2.03. The SMILES string of the molecule is CCC(=O)c1cnc(C)[nH]1. The molecule has 3 heteroatoms. The Hall–Kier alpha value is -1.12. The normalized spacial score (nSPS) is 9.80. The predicted molar refractivity (Wildman–Crippen MR) is 37.9 cm³/mol. The molecule has 0 aliphatic carbocycles. The van der Waals surface area contributed by atoms with Crippen molar-refractivity contribution >= 4 is 5.78 Å². The number of rotatable bonds is 2. The minimum Gasteiger partial charge on any atom is -0.340 e. The fourth-order valence-electron chi connectivity index (χ4n) is 0.753. The van der Waals surface area contributed by atoms with Gasteiger partial charge >= 0.3 is 0 Å². The lowest BCUT2D eigenvalue weighted by Crippen LogP contribution is -1.95. The molecule has 0 saturated heterocycles. The quantitative estimate of drug-likeness (QED) is 0.626. The van der Waals surface area contributed by atoms with Crippen molar-refractivity contribution in [3.8, 4) is 0 Å². The summed E-state index contributed by atoms with van der Waals surface area (Å²) in [5.41, 5.74) is 0.611. The number of aromatic amines is 1. The van der Waals surface area contributed by atoms with E-state index in [9.17, 15) is 4.79 Å². The lowest BCUT2D eigenvalue weighted by atomic mass is 10.2. The average molecular weight is 138 g/mol. The van der Waals surface area contributed by atoms with Crippen LogP contribution in [0.25, 0.3) is 0 Å². The molecule has 0 saturated carbocycles. The summed E-state index contributed by atoms with van der Waals surface area (Å²) >= 11 is 0. The number of nitrogens with zero attached hydrogens (tertiary/aromatic N) is 1. The van der Waals surface area contributed by atoms with Gasteiger partial charge in [-0.15, -0.1) is 0 Å². The van der Waals surface area contributed by atoms with E-state index < -0.39 is 0 Å². The number of carbonyl (C=O) groups excluding carboxylic acids is 1. The molecule has 0 aliphatic heterocycles. The Morgan fingerprint density at radius 3 is 2.90 bits per heavy atom. The van der Waals surface area contributed by atoms with E-state index in [1.807, 2.05) is 13.8 Å². The maximum absolute atomic E-state index is 11.0. The van der Waals surface area contributed by atoms with E-state index in [-0.39, 0.29) is 5.78 Å². The zero-order valence-corrected chi connectivity index (χ0v) is 6.14. The van der Waals surface area contributed by atoms with Crippen LogP contribution in [0.2, 0.25) is 0 Å². The molecular weight excluding hydrogens is 128 g/mol. The van der Waals surface area contributed by atoms with Gasteiger partial charge in [-0.25, -0.2) is 4.98 Å². The number of hydrogen-bond acceptors (Lipinski definition) is 2. The first-order valence-corrected chi connectivity index (χ1v) is 3.29. The molecule has 0 fully saturated rings. The van der Waals surface area contributed by atoms with Crippen molar-refractivity contribution in [3.05, 3.63) is 17.7 Å². The van der Waals surface area contributed by atoms with E-state index in [2.05, 4.69) is 9.97 Å². The first-order valence-electron chi connectivity index (χ1n) is 3.29. The molecule has 1 aromatic rings. The number of hydrogen-bond donors (Lipinski definition) is 1. The van der Waals surface area contributed by atoms with Crippen molar-refractivity contribution in [1.29, 1.82) is 0 Å². The number of nitrogens with one attached hydrogen (secondary N) is 1. The smallest absolute Gasteiger partial charge is 0.180 e. The Morgan fingerprint density at radius 2 is 2.50 bits per heavy atom. The minimum absolute atomic E-state index is 0.112. The maximum atomic E-state index is 11.0. The molecule has 54 valence electrons. The zero-order chi connectivity index (χ0) is 7.56. The molecule has 3 nitrogen and oxygen atoms in total. The minimum atomic E-state index is 0.112. The summed E-state index contributed by atoms with van der Waals surface area (Å²) in [6.07, 6.45) is 2.10. The second kappa shape index (κ2) is 2.64. The van der Waals surface area contributed by atoms with Gasteiger partial charge in [-0.3, -0.25) is 4.79 Å². The van der Waals surface area contributed by atoms with Gasteiger partial charge in [0.25, 0.3) is 0 Å². The van der Waals surface area contributed by atoms with Crippen LogP contribution in [0.5, 0.6) is 0 Å². The van der Waals surface area contributed by atoms with Crippen LogP contribution in [0.3, 0.4) is 0 Å². The molecule has 1 heterocycles. The van der Waals surface area contributed by atoms with Crippen molar-refractivity contribution in [2.45, 2.75) is 20.3 Å². The fraction of sp³-hybridized carbons (Fsp3) is 0.429. The Balaban J connectivity index is 2.85. The molecule has 0 amide bonds. The van der Waals surface area contributed by atoms with Crippen molar-refractivity contribution in [3.63, 3.8) is 0 Å². The second-order valence-corrected chi connectivity index (χ2v) is 2.16. The number of aromatic nitrogens is 2. The van der Waals surface area contributed by atoms with E-state index in [4.69, 9.17) is 0 Å². The van der Waals surface area contributed by atoms with Gasteiger partial charge in [0, 0.05) is 6.42 Å². The Kier molecular flexibility index (Phi) is 1.85. The van der Waals surface area contributed by atoms with Gasteiger partial charge in [0.15, 0.2) is 5.78 Å². The molecule has 1 N–H and O–H groups in total. The predicted octanol–water partition coefficient (Wildman–Crippen LogP) is 1.31. The summed E-state index contributed by atoms with van der Waals surface area (Å²) in [6, 6.07) is 0. The summed E-state index contributed by atoms with van der Waals surface area (Å²) in [5.74, 6) is 0.900. The van der Waals surface area contributed by atoms with Gasteiger partial charge in [0.05, 0.1) is 6.20 Å². The molecule has 0 aromatic carbocycles. The topological polar surface area (TPSA) is 45.8 Å². The molecule has 0 atom stereocenters. The van der Waals surface area contributed by atoms with E-state index in [0.717, 1.165) is 5.82 Å². The summed E-state index contributed by atoms with van der Waals surface area (Å²) in [5, 5.41) is 0. The van der Waals surface area contributed by atoms with E-state index >= 15 is 0 Å². The number of ketones is 1. The Bertz CT molecular complexity index is 240. The number of carbonyl (C=O) groups is 1. The number of imidazole rings is 1. The Morgan fingerprint density at radius 1 is 1.80 bits per heavy atom. The van der Waals surface area contributed by atoms with Crippen molar-refractivity contribution in [1.82, 2.24) is 9.97 Å². The summed E-state index contributed by atoms with van der Waals surface area (Å²) < 4.78 is 0. The summed E-state index contributed by atoms with van der Waals surface area (Å²) in [7, 11) is 0. The van der Waals surface area contributed by atoms with Crippen LogP contribution in [-0.2, 0) is 0 Å². The molecule has 0 aliphatic rings. The molecule has 10 heavy (non-hydrogen) atoms. The molecule has 0 bridgehead atoms.